The number of benzene rings is 4. The Balaban J connectivity index is 0.881. The van der Waals surface area contributed by atoms with Gasteiger partial charge in [0.15, 0.2) is 11.5 Å². The van der Waals surface area contributed by atoms with Gasteiger partial charge >= 0.3 is 0 Å². The van der Waals surface area contributed by atoms with Crippen LogP contribution in [0, 0.1) is 13.8 Å². The van der Waals surface area contributed by atoms with Crippen LogP contribution in [0.5, 0.6) is 17.2 Å². The van der Waals surface area contributed by atoms with Crippen LogP contribution < -0.4 is 19.5 Å². The Kier molecular flexibility index (Phi) is 9.95. The highest BCUT2D eigenvalue weighted by atomic mass is 16.5. The molecule has 0 saturated carbocycles. The van der Waals surface area contributed by atoms with E-state index in [0.29, 0.717) is 60.1 Å². The van der Waals surface area contributed by atoms with Crippen LogP contribution in [0.25, 0.3) is 11.1 Å². The lowest BCUT2D eigenvalue weighted by Gasteiger charge is -2.22. The fraction of sp³-hybridized carbons (Fsp3) is 0.340. The highest BCUT2D eigenvalue weighted by Gasteiger charge is 2.35. The molecule has 0 radical (unpaired) electrons. The van der Waals surface area contributed by atoms with Crippen molar-refractivity contribution in [3.8, 4) is 17.2 Å². The molecule has 9 nitrogen and oxygen atoms in total. The van der Waals surface area contributed by atoms with Crippen molar-refractivity contribution >= 4 is 40.5 Å². The number of fused-ring (bicyclic) bond motifs is 4. The molecule has 2 atom stereocenters. The lowest BCUT2D eigenvalue weighted by molar-refractivity contribution is 0.0786. The second kappa shape index (κ2) is 15.0. The zero-order valence-corrected chi connectivity index (χ0v) is 33.1. The molecule has 56 heavy (non-hydrogen) atoms. The van der Waals surface area contributed by atoms with E-state index in [2.05, 4.69) is 81.5 Å². The van der Waals surface area contributed by atoms with Crippen LogP contribution in [0.4, 0.5) is 11.4 Å². The van der Waals surface area contributed by atoms with Gasteiger partial charge in [0.05, 0.1) is 37.6 Å². The molecule has 4 heterocycles. The Hall–Kier alpha value is -5.83. The predicted octanol–water partition coefficient (Wildman–Crippen LogP) is 9.54. The maximum Gasteiger partial charge on any atom is 0.260 e. The van der Waals surface area contributed by atoms with Crippen LogP contribution in [-0.4, -0.2) is 65.8 Å². The monoisotopic (exact) mass is 750 g/mol. The molecular formula is C47H50N4O5. The lowest BCUT2D eigenvalue weighted by atomic mass is 9.97. The molecule has 4 aromatic carbocycles. The van der Waals surface area contributed by atoms with E-state index in [0.717, 1.165) is 47.2 Å². The first-order valence-corrected chi connectivity index (χ1v) is 19.6. The first kappa shape index (κ1) is 37.1. The van der Waals surface area contributed by atoms with Crippen molar-refractivity contribution in [3.63, 3.8) is 0 Å². The summed E-state index contributed by atoms with van der Waals surface area (Å²) in [5, 5.41) is 3.50. The number of aryl methyl sites for hydroxylation is 3. The van der Waals surface area contributed by atoms with Gasteiger partial charge in [0.2, 0.25) is 0 Å². The van der Waals surface area contributed by atoms with Crippen molar-refractivity contribution in [1.82, 2.24) is 9.80 Å². The number of aliphatic imine (C=N–C) groups is 1. The van der Waals surface area contributed by atoms with E-state index in [1.807, 2.05) is 54.7 Å². The summed E-state index contributed by atoms with van der Waals surface area (Å²) in [5.41, 5.74) is 10.5. The number of rotatable bonds is 10. The molecule has 0 unspecified atom stereocenters. The fourth-order valence-corrected chi connectivity index (χ4v) is 8.05. The van der Waals surface area contributed by atoms with Crippen LogP contribution in [0.1, 0.15) is 95.0 Å². The van der Waals surface area contributed by atoms with Crippen molar-refractivity contribution in [2.75, 3.05) is 25.6 Å². The first-order chi connectivity index (χ1) is 26.9. The zero-order chi connectivity index (χ0) is 39.1. The number of carbonyl (C=O) groups excluding carboxylic acids is 2. The van der Waals surface area contributed by atoms with Gasteiger partial charge in [-0.15, -0.1) is 0 Å². The maximum atomic E-state index is 13.8. The number of hydrogen-bond acceptors (Lipinski definition) is 7. The third-order valence-corrected chi connectivity index (χ3v) is 11.0. The van der Waals surface area contributed by atoms with E-state index in [1.54, 1.807) is 12.0 Å². The molecule has 0 spiro atoms. The van der Waals surface area contributed by atoms with E-state index < -0.39 is 0 Å². The Morgan fingerprint density at radius 2 is 1.43 bits per heavy atom. The summed E-state index contributed by atoms with van der Waals surface area (Å²) < 4.78 is 18.1. The molecule has 2 amide bonds. The Bertz CT molecular complexity index is 2270. The number of nitrogens with zero attached hydrogens (tertiary/aromatic N) is 3. The summed E-state index contributed by atoms with van der Waals surface area (Å²) in [6.45, 7) is 11.3. The highest BCUT2D eigenvalue weighted by Crippen LogP contribution is 2.40. The standard InChI is InChI=1S/C47H50N4O5/c1-29-8-10-31(11-9-29)34-21-37-17-14-33-23-44(43(54-6)24-39(33)45(52)50(37)27-34)56-19-7-18-55-42-25-41-40(20-30(42)2)46(53)51-28-35(22-38(51)26-48-41)32-12-15-36(16-13-32)49-47(3,4)5/h8-13,15-16,20,23-28,37-38,49H,7,14,17-19,21-22H2,1-6H3/t37-,38+/m1/s1. The van der Waals surface area contributed by atoms with Crippen LogP contribution in [-0.2, 0) is 6.42 Å². The second-order valence-corrected chi connectivity index (χ2v) is 16.3. The van der Waals surface area contributed by atoms with Gasteiger partial charge in [0, 0.05) is 60.4 Å². The number of ether oxygens (including phenoxy) is 3. The summed E-state index contributed by atoms with van der Waals surface area (Å²) in [6.07, 6.45) is 9.70. The molecule has 0 bridgehead atoms. The van der Waals surface area contributed by atoms with Gasteiger partial charge in [-0.2, -0.15) is 0 Å². The summed E-state index contributed by atoms with van der Waals surface area (Å²) >= 11 is 0. The van der Waals surface area contributed by atoms with Crippen molar-refractivity contribution < 1.29 is 23.8 Å². The van der Waals surface area contributed by atoms with Gasteiger partial charge in [-0.3, -0.25) is 14.6 Å². The van der Waals surface area contributed by atoms with E-state index in [-0.39, 0.29) is 29.4 Å². The molecule has 8 rings (SSSR count). The summed E-state index contributed by atoms with van der Waals surface area (Å²) in [5.74, 6) is 1.79. The number of nitrogens with one attached hydrogen (secondary N) is 1. The number of anilines is 1. The quantitative estimate of drug-likeness (QED) is 0.162. The fourth-order valence-electron chi connectivity index (χ4n) is 8.05. The minimum atomic E-state index is -0.145. The minimum absolute atomic E-state index is 0.00177. The molecule has 4 aliphatic rings. The van der Waals surface area contributed by atoms with Crippen LogP contribution >= 0.6 is 0 Å². The highest BCUT2D eigenvalue weighted by molar-refractivity contribution is 6.05. The van der Waals surface area contributed by atoms with E-state index in [1.165, 1.54) is 16.7 Å². The molecule has 4 aromatic rings. The summed E-state index contributed by atoms with van der Waals surface area (Å²) in [6, 6.07) is 24.4. The minimum Gasteiger partial charge on any atom is -0.493 e. The average molecular weight is 751 g/mol. The zero-order valence-electron chi connectivity index (χ0n) is 33.1. The normalized spacial score (nSPS) is 18.6. The first-order valence-electron chi connectivity index (χ1n) is 19.6. The van der Waals surface area contributed by atoms with E-state index in [4.69, 9.17) is 19.2 Å². The van der Waals surface area contributed by atoms with E-state index >= 15 is 0 Å². The SMILES string of the molecule is COc1cc2c(cc1OCCCOc1cc3c(cc1C)C(=O)N1C=C(c4ccc(NC(C)(C)C)cc4)C[C@H]1C=N3)CC[C@@H]1CC(c3ccc(C)cc3)=CN1C2=O. The maximum absolute atomic E-state index is 13.8. The molecular weight excluding hydrogens is 701 g/mol. The van der Waals surface area contributed by atoms with Crippen molar-refractivity contribution in [3.05, 3.63) is 124 Å². The van der Waals surface area contributed by atoms with Gasteiger partial charge < -0.3 is 29.3 Å². The van der Waals surface area contributed by atoms with Crippen LogP contribution in [0.3, 0.4) is 0 Å². The molecule has 4 aliphatic heterocycles. The van der Waals surface area contributed by atoms with Gasteiger partial charge in [0.25, 0.3) is 11.8 Å². The molecule has 0 aliphatic carbocycles. The molecule has 0 fully saturated rings. The summed E-state index contributed by atoms with van der Waals surface area (Å²) in [7, 11) is 1.60. The predicted molar refractivity (Wildman–Crippen MR) is 222 cm³/mol. The third kappa shape index (κ3) is 7.55. The van der Waals surface area contributed by atoms with Gasteiger partial charge in [0.1, 0.15) is 5.75 Å². The topological polar surface area (TPSA) is 92.7 Å². The smallest absolute Gasteiger partial charge is 0.260 e. The van der Waals surface area contributed by atoms with Gasteiger partial charge in [-0.1, -0.05) is 42.0 Å². The number of hydrogen-bond donors (Lipinski definition) is 1. The largest absolute Gasteiger partial charge is 0.493 e. The van der Waals surface area contributed by atoms with Gasteiger partial charge in [-0.25, -0.2) is 0 Å². The number of carbonyl (C=O) groups is 2. The average Bonchev–Trinajstić information content (AvgIpc) is 3.75. The lowest BCUT2D eigenvalue weighted by Crippen LogP contribution is -2.32. The van der Waals surface area contributed by atoms with Crippen molar-refractivity contribution in [2.45, 2.75) is 84.3 Å². The van der Waals surface area contributed by atoms with Crippen molar-refractivity contribution in [2.24, 2.45) is 4.99 Å². The molecule has 1 N–H and O–H groups in total. The second-order valence-electron chi connectivity index (χ2n) is 16.3. The molecule has 9 heteroatoms. The third-order valence-electron chi connectivity index (χ3n) is 11.0. The van der Waals surface area contributed by atoms with E-state index in [9.17, 15) is 9.59 Å². The van der Waals surface area contributed by atoms with Gasteiger partial charge in [-0.05, 0) is 118 Å². The summed E-state index contributed by atoms with van der Waals surface area (Å²) in [4.78, 5) is 36.1. The molecule has 0 saturated heterocycles. The Morgan fingerprint density at radius 3 is 2.14 bits per heavy atom. The van der Waals surface area contributed by atoms with Crippen LogP contribution in [0.2, 0.25) is 0 Å². The Morgan fingerprint density at radius 1 is 0.768 bits per heavy atom. The number of amides is 2. The van der Waals surface area contributed by atoms with Crippen molar-refractivity contribution in [1.29, 1.82) is 0 Å². The molecule has 0 aromatic heterocycles. The number of methoxy groups -OCH3 is 1. The van der Waals surface area contributed by atoms with Crippen LogP contribution in [0.15, 0.2) is 90.2 Å². The molecule has 288 valence electrons. The Labute approximate surface area is 329 Å².